The van der Waals surface area contributed by atoms with Crippen LogP contribution in [0.4, 0.5) is 5.69 Å². The monoisotopic (exact) mass is 519 g/mol. The zero-order valence-electron chi connectivity index (χ0n) is 17.2. The van der Waals surface area contributed by atoms with Crippen LogP contribution < -0.4 is 9.47 Å². The van der Waals surface area contributed by atoms with E-state index >= 15 is 0 Å². The molecule has 0 saturated heterocycles. The van der Waals surface area contributed by atoms with E-state index in [4.69, 9.17) is 21.1 Å². The number of rotatable bonds is 9. The molecule has 1 aromatic heterocycles. The fraction of sp³-hybridized carbons (Fsp3) is 0.182. The normalized spacial score (nSPS) is 11.0. The molecule has 0 spiro atoms. The van der Waals surface area contributed by atoms with E-state index in [2.05, 4.69) is 21.0 Å². The number of nitrogens with zero attached hydrogens (tertiary/aromatic N) is 3. The van der Waals surface area contributed by atoms with Gasteiger partial charge in [-0.25, -0.2) is 0 Å². The van der Waals surface area contributed by atoms with Gasteiger partial charge in [-0.3, -0.25) is 19.6 Å². The highest BCUT2D eigenvalue weighted by Crippen LogP contribution is 2.30. The SMILES string of the molecule is CCn1ncc(Br)c1C(=O)/C=C/c1ccc(OC)c(COc2ccc([N+](=O)[O-])cc2Cl)c1. The second kappa shape index (κ2) is 10.4. The summed E-state index contributed by atoms with van der Waals surface area (Å²) < 4.78 is 13.4. The number of non-ortho nitro benzene ring substituents is 1. The molecule has 0 aliphatic rings. The number of ketones is 1. The molecule has 0 radical (unpaired) electrons. The van der Waals surface area contributed by atoms with E-state index in [9.17, 15) is 14.9 Å². The first-order chi connectivity index (χ1) is 15.3. The van der Waals surface area contributed by atoms with Gasteiger partial charge in [0.1, 0.15) is 23.8 Å². The van der Waals surface area contributed by atoms with Crippen molar-refractivity contribution in [2.75, 3.05) is 7.11 Å². The minimum absolute atomic E-state index is 0.116. The summed E-state index contributed by atoms with van der Waals surface area (Å²) in [5.74, 6) is 0.730. The van der Waals surface area contributed by atoms with Crippen LogP contribution in [0.2, 0.25) is 5.02 Å². The summed E-state index contributed by atoms with van der Waals surface area (Å²) in [5, 5.41) is 15.1. The Balaban J connectivity index is 1.78. The number of benzene rings is 2. The van der Waals surface area contributed by atoms with Gasteiger partial charge in [0.25, 0.3) is 5.69 Å². The summed E-state index contributed by atoms with van der Waals surface area (Å²) in [4.78, 5) is 23.0. The Morgan fingerprint density at radius 3 is 2.69 bits per heavy atom. The van der Waals surface area contributed by atoms with Gasteiger partial charge < -0.3 is 9.47 Å². The summed E-state index contributed by atoms with van der Waals surface area (Å²) in [6.07, 6.45) is 4.77. The van der Waals surface area contributed by atoms with Gasteiger partial charge in [-0.05, 0) is 52.7 Å². The molecule has 0 fully saturated rings. The largest absolute Gasteiger partial charge is 0.496 e. The summed E-state index contributed by atoms with van der Waals surface area (Å²) in [5.41, 5.74) is 1.85. The van der Waals surface area contributed by atoms with Crippen molar-refractivity contribution in [2.24, 2.45) is 0 Å². The fourth-order valence-corrected chi connectivity index (χ4v) is 3.71. The Bertz CT molecular complexity index is 1190. The maximum absolute atomic E-state index is 12.6. The molecule has 2 aromatic carbocycles. The predicted molar refractivity (Wildman–Crippen MR) is 124 cm³/mol. The van der Waals surface area contributed by atoms with E-state index in [1.807, 2.05) is 19.1 Å². The lowest BCUT2D eigenvalue weighted by molar-refractivity contribution is -0.384. The smallest absolute Gasteiger partial charge is 0.271 e. The lowest BCUT2D eigenvalue weighted by atomic mass is 10.1. The number of halogens is 2. The van der Waals surface area contributed by atoms with Gasteiger partial charge in [0.2, 0.25) is 5.78 Å². The molecule has 0 amide bonds. The van der Waals surface area contributed by atoms with Crippen LogP contribution in [-0.4, -0.2) is 27.6 Å². The number of carbonyl (C=O) groups excluding carboxylic acids is 1. The summed E-state index contributed by atoms with van der Waals surface area (Å²) >= 11 is 9.45. The van der Waals surface area contributed by atoms with Crippen LogP contribution in [0, 0.1) is 10.1 Å². The van der Waals surface area contributed by atoms with E-state index < -0.39 is 4.92 Å². The highest BCUT2D eigenvalue weighted by Gasteiger charge is 2.14. The molecule has 0 aliphatic heterocycles. The van der Waals surface area contributed by atoms with Gasteiger partial charge >= 0.3 is 0 Å². The Kier molecular flexibility index (Phi) is 7.66. The Morgan fingerprint density at radius 2 is 2.03 bits per heavy atom. The average molecular weight is 521 g/mol. The van der Waals surface area contributed by atoms with Gasteiger partial charge in [0.15, 0.2) is 0 Å². The number of nitro groups is 1. The van der Waals surface area contributed by atoms with E-state index in [0.717, 1.165) is 11.1 Å². The Hall–Kier alpha value is -3.17. The molecule has 1 heterocycles. The number of hydrogen-bond donors (Lipinski definition) is 0. The molecule has 10 heteroatoms. The van der Waals surface area contributed by atoms with Crippen molar-refractivity contribution in [3.63, 3.8) is 0 Å². The fourth-order valence-electron chi connectivity index (χ4n) is 2.99. The van der Waals surface area contributed by atoms with E-state index in [1.165, 1.54) is 24.3 Å². The van der Waals surface area contributed by atoms with Crippen molar-refractivity contribution in [1.82, 2.24) is 9.78 Å². The highest BCUT2D eigenvalue weighted by molar-refractivity contribution is 9.10. The molecule has 3 rings (SSSR count). The molecular weight excluding hydrogens is 502 g/mol. The molecule has 0 bridgehead atoms. The average Bonchev–Trinajstić information content (AvgIpc) is 3.17. The van der Waals surface area contributed by atoms with E-state index in [0.29, 0.717) is 28.2 Å². The van der Waals surface area contributed by atoms with Crippen LogP contribution in [0.3, 0.4) is 0 Å². The van der Waals surface area contributed by atoms with Crippen LogP contribution >= 0.6 is 27.5 Å². The Morgan fingerprint density at radius 1 is 1.28 bits per heavy atom. The van der Waals surface area contributed by atoms with Gasteiger partial charge in [-0.15, -0.1) is 0 Å². The molecular formula is C22H19BrClN3O5. The molecule has 8 nitrogen and oxygen atoms in total. The molecule has 32 heavy (non-hydrogen) atoms. The first kappa shape index (κ1) is 23.5. The molecule has 0 unspecified atom stereocenters. The molecule has 0 saturated carbocycles. The van der Waals surface area contributed by atoms with Crippen molar-refractivity contribution in [3.8, 4) is 11.5 Å². The van der Waals surface area contributed by atoms with E-state index in [-0.39, 0.29) is 23.1 Å². The highest BCUT2D eigenvalue weighted by atomic mass is 79.9. The number of aromatic nitrogens is 2. The van der Waals surface area contributed by atoms with Crippen molar-refractivity contribution in [2.45, 2.75) is 20.1 Å². The van der Waals surface area contributed by atoms with Crippen LogP contribution in [0.1, 0.15) is 28.5 Å². The summed E-state index contributed by atoms with van der Waals surface area (Å²) in [7, 11) is 1.54. The number of nitro benzene ring substituents is 1. The van der Waals surface area contributed by atoms with Crippen LogP contribution in [0.25, 0.3) is 6.08 Å². The molecule has 166 valence electrons. The van der Waals surface area contributed by atoms with Gasteiger partial charge in [0.05, 0.1) is 27.7 Å². The van der Waals surface area contributed by atoms with Gasteiger partial charge in [0, 0.05) is 24.2 Å². The molecule has 0 aliphatic carbocycles. The number of ether oxygens (including phenoxy) is 2. The molecule has 3 aromatic rings. The van der Waals surface area contributed by atoms with Crippen molar-refractivity contribution >= 4 is 45.1 Å². The molecule has 0 N–H and O–H groups in total. The second-order valence-electron chi connectivity index (χ2n) is 6.59. The third-order valence-corrected chi connectivity index (χ3v) is 5.44. The third-order valence-electron chi connectivity index (χ3n) is 4.57. The zero-order valence-corrected chi connectivity index (χ0v) is 19.6. The lowest BCUT2D eigenvalue weighted by Crippen LogP contribution is -2.07. The van der Waals surface area contributed by atoms with Gasteiger partial charge in [-0.2, -0.15) is 5.10 Å². The number of aryl methyl sites for hydroxylation is 1. The second-order valence-corrected chi connectivity index (χ2v) is 7.85. The first-order valence-electron chi connectivity index (χ1n) is 9.51. The molecule has 0 atom stereocenters. The zero-order chi connectivity index (χ0) is 23.3. The third kappa shape index (κ3) is 5.35. The standard InChI is InChI=1S/C22H19BrClN3O5/c1-3-26-22(17(23)12-25-26)19(28)7-4-14-5-8-20(31-2)15(10-14)13-32-21-9-6-16(27(29)30)11-18(21)24/h4-12H,3,13H2,1-2H3/b7-4+. The maximum Gasteiger partial charge on any atom is 0.271 e. The lowest BCUT2D eigenvalue weighted by Gasteiger charge is -2.12. The Labute approximate surface area is 197 Å². The van der Waals surface area contributed by atoms with E-state index in [1.54, 1.807) is 30.1 Å². The van der Waals surface area contributed by atoms with Crippen molar-refractivity contribution in [3.05, 3.63) is 85.1 Å². The topological polar surface area (TPSA) is 96.5 Å². The minimum Gasteiger partial charge on any atom is -0.496 e. The van der Waals surface area contributed by atoms with Crippen molar-refractivity contribution in [1.29, 1.82) is 0 Å². The quantitative estimate of drug-likeness (QED) is 0.155. The number of hydrogen-bond acceptors (Lipinski definition) is 6. The van der Waals surface area contributed by atoms with Crippen molar-refractivity contribution < 1.29 is 19.2 Å². The van der Waals surface area contributed by atoms with Crippen LogP contribution in [-0.2, 0) is 13.2 Å². The number of allylic oxidation sites excluding steroid dienone is 1. The van der Waals surface area contributed by atoms with Crippen LogP contribution in [0.5, 0.6) is 11.5 Å². The maximum atomic E-state index is 12.6. The number of carbonyl (C=O) groups is 1. The predicted octanol–water partition coefficient (Wildman–Crippen LogP) is 5.71. The van der Waals surface area contributed by atoms with Gasteiger partial charge in [-0.1, -0.05) is 23.7 Å². The number of methoxy groups -OCH3 is 1. The summed E-state index contributed by atoms with van der Waals surface area (Å²) in [6, 6.07) is 9.42. The summed E-state index contributed by atoms with van der Waals surface area (Å²) in [6.45, 7) is 2.60. The van der Waals surface area contributed by atoms with Crippen LogP contribution in [0.15, 0.2) is 53.1 Å². The first-order valence-corrected chi connectivity index (χ1v) is 10.7. The minimum atomic E-state index is -0.526.